The lowest BCUT2D eigenvalue weighted by Gasteiger charge is -2.11. The smallest absolute Gasteiger partial charge is 0.135 e. The predicted molar refractivity (Wildman–Crippen MR) is 30.7 cm³/mol. The van der Waals surface area contributed by atoms with E-state index in [4.69, 9.17) is 5.21 Å². The van der Waals surface area contributed by atoms with Crippen LogP contribution >= 0.6 is 0 Å². The summed E-state index contributed by atoms with van der Waals surface area (Å²) < 4.78 is 0. The van der Waals surface area contributed by atoms with E-state index in [2.05, 4.69) is 4.99 Å². The van der Waals surface area contributed by atoms with Crippen LogP contribution in [0.4, 0.5) is 0 Å². The number of hydrogen-bond donors (Lipinski definition) is 1. The number of rotatable bonds is 0. The first-order valence-corrected chi connectivity index (χ1v) is 2.44. The number of aliphatic imine (C=N–C) groups is 1. The van der Waals surface area contributed by atoms with Crippen LogP contribution in [0.3, 0.4) is 0 Å². The summed E-state index contributed by atoms with van der Waals surface area (Å²) in [4.78, 5) is 3.92. The van der Waals surface area contributed by atoms with Gasteiger partial charge in [-0.1, -0.05) is 0 Å². The van der Waals surface area contributed by atoms with Crippen LogP contribution in [0, 0.1) is 0 Å². The molecule has 0 aromatic rings. The van der Waals surface area contributed by atoms with Gasteiger partial charge in [-0.05, 0) is 13.0 Å². The third kappa shape index (κ3) is 1.07. The third-order valence-electron chi connectivity index (χ3n) is 0.953. The maximum absolute atomic E-state index is 8.67. The minimum atomic E-state index is 0.363. The van der Waals surface area contributed by atoms with Crippen molar-refractivity contribution in [3.63, 3.8) is 0 Å². The van der Waals surface area contributed by atoms with Gasteiger partial charge in [-0.2, -0.15) is 0 Å². The number of hydrogen-bond acceptors (Lipinski definition) is 3. The quantitative estimate of drug-likeness (QED) is 0.498. The molecule has 0 unspecified atom stereocenters. The van der Waals surface area contributed by atoms with Gasteiger partial charge in [-0.25, -0.2) is 5.06 Å². The highest BCUT2D eigenvalue weighted by Crippen LogP contribution is 1.93. The molecule has 1 rings (SSSR count). The fourth-order valence-corrected chi connectivity index (χ4v) is 0.478. The van der Waals surface area contributed by atoms with Gasteiger partial charge in [0.1, 0.15) is 6.67 Å². The standard InChI is InChI=1S/C5H8N2O/c1-5-2-3-7(8)4-6-5/h2-3,8H,4H2,1H3. The maximum Gasteiger partial charge on any atom is 0.135 e. The number of allylic oxidation sites excluding steroid dienone is 1. The van der Waals surface area contributed by atoms with Crippen LogP contribution in [0.15, 0.2) is 17.3 Å². The highest BCUT2D eigenvalue weighted by molar-refractivity contribution is 5.93. The molecular weight excluding hydrogens is 104 g/mol. The van der Waals surface area contributed by atoms with Gasteiger partial charge in [0.05, 0.1) is 0 Å². The summed E-state index contributed by atoms with van der Waals surface area (Å²) in [5.41, 5.74) is 0.954. The van der Waals surface area contributed by atoms with E-state index in [-0.39, 0.29) is 0 Å². The molecule has 1 aliphatic rings. The highest BCUT2D eigenvalue weighted by Gasteiger charge is 1.95. The molecule has 0 amide bonds. The Bertz CT molecular complexity index is 139. The first-order valence-electron chi connectivity index (χ1n) is 2.44. The molecule has 0 fully saturated rings. The molecule has 0 atom stereocenters. The fourth-order valence-electron chi connectivity index (χ4n) is 0.478. The van der Waals surface area contributed by atoms with Crippen LogP contribution in [-0.2, 0) is 0 Å². The summed E-state index contributed by atoms with van der Waals surface area (Å²) in [6, 6.07) is 0. The van der Waals surface area contributed by atoms with E-state index in [1.54, 1.807) is 12.3 Å². The molecule has 0 spiro atoms. The lowest BCUT2D eigenvalue weighted by Crippen LogP contribution is -2.16. The number of hydroxylamine groups is 2. The molecule has 3 heteroatoms. The second-order valence-corrected chi connectivity index (χ2v) is 1.70. The maximum atomic E-state index is 8.67. The van der Waals surface area contributed by atoms with Gasteiger partial charge in [-0.15, -0.1) is 0 Å². The predicted octanol–water partition coefficient (Wildman–Crippen LogP) is 0.623. The Balaban J connectivity index is 2.58. The SMILES string of the molecule is CC1=NCN(O)C=C1. The van der Waals surface area contributed by atoms with E-state index in [0.29, 0.717) is 6.67 Å². The second kappa shape index (κ2) is 1.96. The molecule has 0 bridgehead atoms. The van der Waals surface area contributed by atoms with E-state index in [9.17, 15) is 0 Å². The molecule has 0 aliphatic carbocycles. The topological polar surface area (TPSA) is 35.8 Å². The summed E-state index contributed by atoms with van der Waals surface area (Å²) in [6.45, 7) is 2.26. The monoisotopic (exact) mass is 112 g/mol. The minimum absolute atomic E-state index is 0.363. The van der Waals surface area contributed by atoms with Crippen molar-refractivity contribution in [1.29, 1.82) is 0 Å². The Kier molecular flexibility index (Phi) is 1.30. The lowest BCUT2D eigenvalue weighted by atomic mass is 10.4. The van der Waals surface area contributed by atoms with Crippen LogP contribution in [0.25, 0.3) is 0 Å². The van der Waals surface area contributed by atoms with Crippen LogP contribution < -0.4 is 0 Å². The van der Waals surface area contributed by atoms with Gasteiger partial charge < -0.3 is 0 Å². The van der Waals surface area contributed by atoms with Crippen LogP contribution in [0.1, 0.15) is 6.92 Å². The third-order valence-corrected chi connectivity index (χ3v) is 0.953. The van der Waals surface area contributed by atoms with Gasteiger partial charge in [0.15, 0.2) is 0 Å². The van der Waals surface area contributed by atoms with E-state index < -0.39 is 0 Å². The molecule has 0 saturated heterocycles. The molecule has 0 saturated carbocycles. The molecule has 44 valence electrons. The van der Waals surface area contributed by atoms with Crippen molar-refractivity contribution in [2.45, 2.75) is 6.92 Å². The second-order valence-electron chi connectivity index (χ2n) is 1.70. The molecular formula is C5H8N2O. The zero-order valence-corrected chi connectivity index (χ0v) is 4.70. The highest BCUT2D eigenvalue weighted by atomic mass is 16.5. The Morgan fingerprint density at radius 3 is 3.00 bits per heavy atom. The fraction of sp³-hybridized carbons (Fsp3) is 0.400. The van der Waals surface area contributed by atoms with E-state index in [1.807, 2.05) is 6.92 Å². The van der Waals surface area contributed by atoms with Crippen LogP contribution in [0.5, 0.6) is 0 Å². The van der Waals surface area contributed by atoms with E-state index in [1.165, 1.54) is 0 Å². The van der Waals surface area contributed by atoms with Crippen molar-refractivity contribution in [3.05, 3.63) is 12.3 Å². The normalized spacial score (nSPS) is 18.8. The van der Waals surface area contributed by atoms with Crippen molar-refractivity contribution in [2.75, 3.05) is 6.67 Å². The first-order chi connectivity index (χ1) is 3.79. The average molecular weight is 112 g/mol. The lowest BCUT2D eigenvalue weighted by molar-refractivity contribution is -0.0387. The first kappa shape index (κ1) is 5.31. The summed E-state index contributed by atoms with van der Waals surface area (Å²) in [5.74, 6) is 0. The average Bonchev–Trinajstić information content (AvgIpc) is 1.77. The van der Waals surface area contributed by atoms with Gasteiger partial charge in [0.25, 0.3) is 0 Å². The summed E-state index contributed by atoms with van der Waals surface area (Å²) in [5, 5.41) is 9.70. The van der Waals surface area contributed by atoms with E-state index in [0.717, 1.165) is 10.8 Å². The van der Waals surface area contributed by atoms with Gasteiger partial charge in [-0.3, -0.25) is 10.2 Å². The Morgan fingerprint density at radius 2 is 2.62 bits per heavy atom. The summed E-state index contributed by atoms with van der Waals surface area (Å²) >= 11 is 0. The molecule has 0 aromatic heterocycles. The molecule has 0 radical (unpaired) electrons. The Morgan fingerprint density at radius 1 is 1.88 bits per heavy atom. The van der Waals surface area contributed by atoms with Crippen LogP contribution in [-0.4, -0.2) is 22.7 Å². The van der Waals surface area contributed by atoms with Crippen molar-refractivity contribution in [2.24, 2.45) is 4.99 Å². The zero-order chi connectivity index (χ0) is 5.98. The molecule has 1 aliphatic heterocycles. The summed E-state index contributed by atoms with van der Waals surface area (Å²) in [7, 11) is 0. The molecule has 0 aromatic carbocycles. The van der Waals surface area contributed by atoms with Crippen molar-refractivity contribution >= 4 is 5.71 Å². The minimum Gasteiger partial charge on any atom is -0.287 e. The zero-order valence-electron chi connectivity index (χ0n) is 4.70. The van der Waals surface area contributed by atoms with E-state index >= 15 is 0 Å². The largest absolute Gasteiger partial charge is 0.287 e. The van der Waals surface area contributed by atoms with Gasteiger partial charge >= 0.3 is 0 Å². The van der Waals surface area contributed by atoms with Crippen LogP contribution in [0.2, 0.25) is 0 Å². The van der Waals surface area contributed by atoms with Gasteiger partial charge in [0, 0.05) is 11.9 Å². The van der Waals surface area contributed by atoms with Crippen molar-refractivity contribution in [1.82, 2.24) is 5.06 Å². The molecule has 8 heavy (non-hydrogen) atoms. The number of nitrogens with zero attached hydrogens (tertiary/aromatic N) is 2. The molecule has 3 nitrogen and oxygen atoms in total. The Labute approximate surface area is 47.9 Å². The van der Waals surface area contributed by atoms with Crippen molar-refractivity contribution < 1.29 is 5.21 Å². The molecule has 1 N–H and O–H groups in total. The van der Waals surface area contributed by atoms with Crippen molar-refractivity contribution in [3.8, 4) is 0 Å². The molecule has 1 heterocycles. The Hall–Kier alpha value is -0.830. The van der Waals surface area contributed by atoms with Gasteiger partial charge in [0.2, 0.25) is 0 Å². The summed E-state index contributed by atoms with van der Waals surface area (Å²) in [6.07, 6.45) is 3.34.